The largest absolute Gasteiger partial charge is 0.468 e. The van der Waals surface area contributed by atoms with Crippen molar-refractivity contribution >= 4 is 11.8 Å². The van der Waals surface area contributed by atoms with Gasteiger partial charge < -0.3 is 19.4 Å². The standard InChI is InChI=1S/C24H26FN3O3/c25-20-8-10-21(11-9-20)27-12-14-28(15-13-27)22(23-7-4-16-30-23)17-26-24(29)31-18-19-5-2-1-3-6-19/h1-11,16,22H,12-15,17-18H2,(H,26,29)/t22-/m1/s1. The smallest absolute Gasteiger partial charge is 0.407 e. The minimum Gasteiger partial charge on any atom is -0.468 e. The number of nitrogens with zero attached hydrogens (tertiary/aromatic N) is 2. The Balaban J connectivity index is 1.32. The fraction of sp³-hybridized carbons (Fsp3) is 0.292. The van der Waals surface area contributed by atoms with Gasteiger partial charge in [-0.15, -0.1) is 0 Å². The summed E-state index contributed by atoms with van der Waals surface area (Å²) in [6.45, 7) is 3.82. The average molecular weight is 423 g/mol. The summed E-state index contributed by atoms with van der Waals surface area (Å²) in [4.78, 5) is 16.7. The molecule has 2 aromatic carbocycles. The van der Waals surface area contributed by atoms with Crippen molar-refractivity contribution in [1.82, 2.24) is 10.2 Å². The number of carbonyl (C=O) groups excluding carboxylic acids is 1. The second-order valence-corrected chi connectivity index (χ2v) is 7.47. The van der Waals surface area contributed by atoms with E-state index in [4.69, 9.17) is 9.15 Å². The van der Waals surface area contributed by atoms with Crippen LogP contribution in [0.4, 0.5) is 14.9 Å². The summed E-state index contributed by atoms with van der Waals surface area (Å²) >= 11 is 0. The number of rotatable bonds is 7. The molecule has 1 aliphatic rings. The molecular weight excluding hydrogens is 397 g/mol. The number of hydrogen-bond acceptors (Lipinski definition) is 5. The van der Waals surface area contributed by atoms with Crippen molar-refractivity contribution in [3.05, 3.63) is 90.1 Å². The summed E-state index contributed by atoms with van der Waals surface area (Å²) in [5.74, 6) is 0.573. The summed E-state index contributed by atoms with van der Waals surface area (Å²) in [7, 11) is 0. The van der Waals surface area contributed by atoms with Gasteiger partial charge in [0, 0.05) is 38.4 Å². The average Bonchev–Trinajstić information content (AvgIpc) is 3.34. The molecule has 0 radical (unpaired) electrons. The van der Waals surface area contributed by atoms with Crippen LogP contribution in [-0.4, -0.2) is 43.7 Å². The van der Waals surface area contributed by atoms with Crippen LogP contribution in [0.3, 0.4) is 0 Å². The number of carbonyl (C=O) groups is 1. The topological polar surface area (TPSA) is 58.0 Å². The number of anilines is 1. The first-order chi connectivity index (χ1) is 15.2. The van der Waals surface area contributed by atoms with Gasteiger partial charge in [0.2, 0.25) is 0 Å². The lowest BCUT2D eigenvalue weighted by Gasteiger charge is -2.39. The lowest BCUT2D eigenvalue weighted by atomic mass is 10.1. The summed E-state index contributed by atoms with van der Waals surface area (Å²) in [5, 5.41) is 2.87. The number of amides is 1. The molecule has 1 aliphatic heterocycles. The van der Waals surface area contributed by atoms with Gasteiger partial charge >= 0.3 is 6.09 Å². The third-order valence-electron chi connectivity index (χ3n) is 5.47. The molecule has 7 heteroatoms. The Morgan fingerprint density at radius 1 is 1.00 bits per heavy atom. The van der Waals surface area contributed by atoms with Crippen molar-refractivity contribution in [3.63, 3.8) is 0 Å². The molecule has 2 heterocycles. The van der Waals surface area contributed by atoms with Gasteiger partial charge in [-0.25, -0.2) is 9.18 Å². The molecule has 1 saturated heterocycles. The van der Waals surface area contributed by atoms with E-state index in [0.29, 0.717) is 6.54 Å². The number of piperazine rings is 1. The molecule has 1 aromatic heterocycles. The molecule has 0 saturated carbocycles. The van der Waals surface area contributed by atoms with E-state index in [1.807, 2.05) is 42.5 Å². The molecule has 0 aliphatic carbocycles. The number of furan rings is 1. The predicted octanol–water partition coefficient (Wildman–Crippen LogP) is 4.21. The van der Waals surface area contributed by atoms with E-state index in [9.17, 15) is 9.18 Å². The highest BCUT2D eigenvalue weighted by molar-refractivity contribution is 5.67. The van der Waals surface area contributed by atoms with Crippen molar-refractivity contribution in [2.75, 3.05) is 37.6 Å². The molecule has 31 heavy (non-hydrogen) atoms. The Labute approximate surface area is 181 Å². The van der Waals surface area contributed by atoms with Crippen LogP contribution in [0.25, 0.3) is 0 Å². The lowest BCUT2D eigenvalue weighted by molar-refractivity contribution is 0.126. The second kappa shape index (κ2) is 10.1. The Morgan fingerprint density at radius 3 is 2.42 bits per heavy atom. The van der Waals surface area contributed by atoms with Gasteiger partial charge in [0.15, 0.2) is 0 Å². The van der Waals surface area contributed by atoms with Gasteiger partial charge in [-0.3, -0.25) is 4.90 Å². The van der Waals surface area contributed by atoms with Crippen LogP contribution in [0.2, 0.25) is 0 Å². The molecule has 1 N–H and O–H groups in total. The van der Waals surface area contributed by atoms with Gasteiger partial charge in [-0.2, -0.15) is 0 Å². The van der Waals surface area contributed by atoms with E-state index >= 15 is 0 Å². The first kappa shape index (κ1) is 20.9. The zero-order valence-electron chi connectivity index (χ0n) is 17.2. The van der Waals surface area contributed by atoms with Gasteiger partial charge in [-0.05, 0) is 42.0 Å². The Kier molecular flexibility index (Phi) is 6.84. The number of alkyl carbamates (subject to hydrolysis) is 1. The molecule has 0 spiro atoms. The molecule has 1 fully saturated rings. The highest BCUT2D eigenvalue weighted by Gasteiger charge is 2.27. The molecule has 1 atom stereocenters. The van der Waals surface area contributed by atoms with E-state index in [1.165, 1.54) is 12.1 Å². The summed E-state index contributed by atoms with van der Waals surface area (Å²) in [6, 6.07) is 19.8. The highest BCUT2D eigenvalue weighted by Crippen LogP contribution is 2.24. The zero-order chi connectivity index (χ0) is 21.5. The Hall–Kier alpha value is -3.32. The van der Waals surface area contributed by atoms with Crippen LogP contribution in [-0.2, 0) is 11.3 Å². The van der Waals surface area contributed by atoms with Gasteiger partial charge in [-0.1, -0.05) is 30.3 Å². The minimum atomic E-state index is -0.453. The van der Waals surface area contributed by atoms with E-state index in [0.717, 1.165) is 43.2 Å². The number of hydrogen-bond donors (Lipinski definition) is 1. The normalized spacial score (nSPS) is 15.5. The first-order valence-corrected chi connectivity index (χ1v) is 10.4. The zero-order valence-corrected chi connectivity index (χ0v) is 17.2. The van der Waals surface area contributed by atoms with Crippen LogP contribution in [0.15, 0.2) is 77.4 Å². The quantitative estimate of drug-likeness (QED) is 0.617. The molecule has 162 valence electrons. The third-order valence-corrected chi connectivity index (χ3v) is 5.47. The molecule has 3 aromatic rings. The highest BCUT2D eigenvalue weighted by atomic mass is 19.1. The minimum absolute atomic E-state index is 0.0883. The fourth-order valence-corrected chi connectivity index (χ4v) is 3.79. The summed E-state index contributed by atoms with van der Waals surface area (Å²) < 4.78 is 24.2. The molecule has 4 rings (SSSR count). The van der Waals surface area contributed by atoms with E-state index in [2.05, 4.69) is 15.1 Å². The molecule has 0 bridgehead atoms. The van der Waals surface area contributed by atoms with Gasteiger partial charge in [0.1, 0.15) is 18.2 Å². The van der Waals surface area contributed by atoms with Crippen LogP contribution in [0, 0.1) is 5.82 Å². The number of ether oxygens (including phenoxy) is 1. The molecule has 0 unspecified atom stereocenters. The van der Waals surface area contributed by atoms with Crippen LogP contribution in [0.5, 0.6) is 0 Å². The van der Waals surface area contributed by atoms with Crippen LogP contribution < -0.4 is 10.2 Å². The van der Waals surface area contributed by atoms with Gasteiger partial charge in [0.25, 0.3) is 0 Å². The summed E-state index contributed by atoms with van der Waals surface area (Å²) in [5.41, 5.74) is 1.95. The van der Waals surface area contributed by atoms with E-state index in [-0.39, 0.29) is 18.5 Å². The molecular formula is C24H26FN3O3. The monoisotopic (exact) mass is 423 g/mol. The fourth-order valence-electron chi connectivity index (χ4n) is 3.79. The van der Waals surface area contributed by atoms with Crippen molar-refractivity contribution in [2.45, 2.75) is 12.6 Å². The summed E-state index contributed by atoms with van der Waals surface area (Å²) in [6.07, 6.45) is 1.19. The number of benzene rings is 2. The Morgan fingerprint density at radius 2 is 1.74 bits per heavy atom. The van der Waals surface area contributed by atoms with Crippen LogP contribution >= 0.6 is 0 Å². The lowest BCUT2D eigenvalue weighted by Crippen LogP contribution is -2.49. The maximum atomic E-state index is 13.2. The van der Waals surface area contributed by atoms with E-state index < -0.39 is 6.09 Å². The molecule has 1 amide bonds. The molecule has 6 nitrogen and oxygen atoms in total. The van der Waals surface area contributed by atoms with Crippen molar-refractivity contribution in [3.8, 4) is 0 Å². The predicted molar refractivity (Wildman–Crippen MR) is 116 cm³/mol. The van der Waals surface area contributed by atoms with Crippen molar-refractivity contribution in [1.29, 1.82) is 0 Å². The number of halogens is 1. The van der Waals surface area contributed by atoms with Crippen molar-refractivity contribution < 1.29 is 18.3 Å². The van der Waals surface area contributed by atoms with Gasteiger partial charge in [0.05, 0.1) is 12.3 Å². The van der Waals surface area contributed by atoms with Crippen LogP contribution in [0.1, 0.15) is 17.4 Å². The maximum Gasteiger partial charge on any atom is 0.407 e. The van der Waals surface area contributed by atoms with Crippen molar-refractivity contribution in [2.24, 2.45) is 0 Å². The third kappa shape index (κ3) is 5.64. The van der Waals surface area contributed by atoms with E-state index in [1.54, 1.807) is 18.4 Å². The Bertz CT molecular complexity index is 940. The second-order valence-electron chi connectivity index (χ2n) is 7.47. The SMILES string of the molecule is O=C(NC[C@H](c1ccco1)N1CCN(c2ccc(F)cc2)CC1)OCc1ccccc1. The maximum absolute atomic E-state index is 13.2. The first-order valence-electron chi connectivity index (χ1n) is 10.4. The number of nitrogens with one attached hydrogen (secondary N) is 1.